The van der Waals surface area contributed by atoms with Gasteiger partial charge < -0.3 is 9.88 Å². The summed E-state index contributed by atoms with van der Waals surface area (Å²) in [6.07, 6.45) is 5.57. The smallest absolute Gasteiger partial charge is 0.251 e. The number of aromatic nitrogens is 4. The van der Waals surface area contributed by atoms with E-state index in [2.05, 4.69) is 57.9 Å². The van der Waals surface area contributed by atoms with Crippen LogP contribution < -0.4 is 5.32 Å². The molecule has 0 fully saturated rings. The highest BCUT2D eigenvalue weighted by Crippen LogP contribution is 2.24. The van der Waals surface area contributed by atoms with Gasteiger partial charge in [-0.1, -0.05) is 60.7 Å². The fourth-order valence-electron chi connectivity index (χ4n) is 4.43. The van der Waals surface area contributed by atoms with Gasteiger partial charge in [-0.05, 0) is 59.9 Å². The van der Waals surface area contributed by atoms with Crippen molar-refractivity contribution in [3.63, 3.8) is 0 Å². The Morgan fingerprint density at radius 2 is 1.72 bits per heavy atom. The van der Waals surface area contributed by atoms with Crippen LogP contribution in [0.4, 0.5) is 0 Å². The maximum Gasteiger partial charge on any atom is 0.251 e. The second-order valence-electron chi connectivity index (χ2n) is 9.06. The fourth-order valence-corrected chi connectivity index (χ4v) is 4.43. The van der Waals surface area contributed by atoms with Crippen molar-refractivity contribution in [1.29, 1.82) is 0 Å². The predicted molar refractivity (Wildman–Crippen MR) is 142 cm³/mol. The van der Waals surface area contributed by atoms with E-state index in [1.807, 2.05) is 72.0 Å². The summed E-state index contributed by atoms with van der Waals surface area (Å²) in [5.74, 6) is -0.0873. The molecular weight excluding hydrogens is 446 g/mol. The Morgan fingerprint density at radius 3 is 2.47 bits per heavy atom. The summed E-state index contributed by atoms with van der Waals surface area (Å²) in [7, 11) is 0. The van der Waals surface area contributed by atoms with E-state index in [0.29, 0.717) is 18.7 Å². The molecule has 36 heavy (non-hydrogen) atoms. The molecule has 0 aliphatic rings. The average Bonchev–Trinajstić information content (AvgIpc) is 3.52. The Balaban J connectivity index is 1.26. The van der Waals surface area contributed by atoms with E-state index in [1.165, 1.54) is 5.56 Å². The molecule has 2 heterocycles. The van der Waals surface area contributed by atoms with Gasteiger partial charge in [0.25, 0.3) is 5.91 Å². The standard InChI is InChI=1S/C30H29N5O/c1-22-16-23(2)35(33-22)20-25-6-5-8-27(17-25)30(36)32-18-28-7-3-4-9-29(28)26-12-10-24(11-13-26)19-34-15-14-31-21-34/h3-17,21H,18-20H2,1-2H3,(H,32,36). The lowest BCUT2D eigenvalue weighted by Crippen LogP contribution is -2.23. The summed E-state index contributed by atoms with van der Waals surface area (Å²) in [4.78, 5) is 17.1. The van der Waals surface area contributed by atoms with Gasteiger partial charge in [-0.15, -0.1) is 0 Å². The summed E-state index contributed by atoms with van der Waals surface area (Å²) >= 11 is 0. The second kappa shape index (κ2) is 10.4. The number of rotatable bonds is 8. The zero-order valence-electron chi connectivity index (χ0n) is 20.6. The molecule has 0 saturated heterocycles. The topological polar surface area (TPSA) is 64.7 Å². The number of carbonyl (C=O) groups excluding carboxylic acids is 1. The van der Waals surface area contributed by atoms with E-state index in [9.17, 15) is 4.79 Å². The van der Waals surface area contributed by atoms with Crippen LogP contribution in [-0.2, 0) is 19.6 Å². The number of hydrogen-bond acceptors (Lipinski definition) is 3. The largest absolute Gasteiger partial charge is 0.348 e. The van der Waals surface area contributed by atoms with E-state index in [1.54, 1.807) is 6.20 Å². The quantitative estimate of drug-likeness (QED) is 0.327. The second-order valence-corrected chi connectivity index (χ2v) is 9.06. The lowest BCUT2D eigenvalue weighted by molar-refractivity contribution is 0.0951. The first kappa shape index (κ1) is 23.3. The van der Waals surface area contributed by atoms with Crippen LogP contribution in [0.15, 0.2) is 97.6 Å². The Bertz CT molecular complexity index is 1470. The number of nitrogens with one attached hydrogen (secondary N) is 1. The molecule has 0 aliphatic carbocycles. The van der Waals surface area contributed by atoms with Crippen molar-refractivity contribution in [3.8, 4) is 11.1 Å². The minimum Gasteiger partial charge on any atom is -0.348 e. The number of aryl methyl sites for hydroxylation is 2. The van der Waals surface area contributed by atoms with Gasteiger partial charge in [0, 0.05) is 36.7 Å². The summed E-state index contributed by atoms with van der Waals surface area (Å²) in [6.45, 7) is 5.91. The van der Waals surface area contributed by atoms with Crippen LogP contribution in [0.1, 0.15) is 38.4 Å². The molecular formula is C30H29N5O. The average molecular weight is 476 g/mol. The van der Waals surface area contributed by atoms with E-state index >= 15 is 0 Å². The third-order valence-corrected chi connectivity index (χ3v) is 6.27. The minimum absolute atomic E-state index is 0.0873. The van der Waals surface area contributed by atoms with E-state index in [0.717, 1.165) is 40.2 Å². The number of carbonyl (C=O) groups is 1. The van der Waals surface area contributed by atoms with Crippen molar-refractivity contribution in [2.24, 2.45) is 0 Å². The number of hydrogen-bond donors (Lipinski definition) is 1. The van der Waals surface area contributed by atoms with Crippen molar-refractivity contribution in [2.75, 3.05) is 0 Å². The van der Waals surface area contributed by atoms with Crippen molar-refractivity contribution in [1.82, 2.24) is 24.6 Å². The predicted octanol–water partition coefficient (Wildman–Crippen LogP) is 5.39. The van der Waals surface area contributed by atoms with Gasteiger partial charge in [-0.2, -0.15) is 5.10 Å². The lowest BCUT2D eigenvalue weighted by atomic mass is 9.98. The summed E-state index contributed by atoms with van der Waals surface area (Å²) in [6, 6.07) is 26.5. The van der Waals surface area contributed by atoms with Crippen LogP contribution in [-0.4, -0.2) is 25.2 Å². The molecule has 3 aromatic carbocycles. The van der Waals surface area contributed by atoms with E-state index in [4.69, 9.17) is 0 Å². The highest BCUT2D eigenvalue weighted by atomic mass is 16.1. The van der Waals surface area contributed by atoms with Crippen molar-refractivity contribution in [3.05, 3.63) is 131 Å². The molecule has 5 rings (SSSR count). The van der Waals surface area contributed by atoms with Crippen LogP contribution in [0.25, 0.3) is 11.1 Å². The highest BCUT2D eigenvalue weighted by Gasteiger charge is 2.10. The molecule has 1 N–H and O–H groups in total. The third kappa shape index (κ3) is 5.44. The maximum absolute atomic E-state index is 13.0. The number of benzene rings is 3. The molecule has 0 bridgehead atoms. The molecule has 6 nitrogen and oxygen atoms in total. The molecule has 2 aromatic heterocycles. The molecule has 0 aliphatic heterocycles. The molecule has 0 radical (unpaired) electrons. The summed E-state index contributed by atoms with van der Waals surface area (Å²) in [5.41, 5.74) is 8.32. The molecule has 5 aromatic rings. The van der Waals surface area contributed by atoms with Crippen molar-refractivity contribution < 1.29 is 4.79 Å². The van der Waals surface area contributed by atoms with Crippen LogP contribution in [0.2, 0.25) is 0 Å². The van der Waals surface area contributed by atoms with Crippen molar-refractivity contribution in [2.45, 2.75) is 33.5 Å². The van der Waals surface area contributed by atoms with Gasteiger partial charge in [0.05, 0.1) is 18.6 Å². The molecule has 6 heteroatoms. The monoisotopic (exact) mass is 475 g/mol. The third-order valence-electron chi connectivity index (χ3n) is 6.27. The van der Waals surface area contributed by atoms with Crippen LogP contribution in [0.5, 0.6) is 0 Å². The normalized spacial score (nSPS) is 10.9. The van der Waals surface area contributed by atoms with Crippen molar-refractivity contribution >= 4 is 5.91 Å². The summed E-state index contributed by atoms with van der Waals surface area (Å²) < 4.78 is 4.01. The Kier molecular flexibility index (Phi) is 6.76. The molecule has 0 saturated carbocycles. The van der Waals surface area contributed by atoms with Gasteiger partial charge in [-0.25, -0.2) is 4.98 Å². The number of imidazole rings is 1. The van der Waals surface area contributed by atoms with Gasteiger partial charge in [0.2, 0.25) is 0 Å². The van der Waals surface area contributed by atoms with Gasteiger partial charge in [-0.3, -0.25) is 9.48 Å². The zero-order valence-corrected chi connectivity index (χ0v) is 20.6. The number of amides is 1. The first-order valence-electron chi connectivity index (χ1n) is 12.1. The lowest BCUT2D eigenvalue weighted by Gasteiger charge is -2.12. The Hall–Kier alpha value is -4.45. The first-order valence-corrected chi connectivity index (χ1v) is 12.1. The molecule has 180 valence electrons. The SMILES string of the molecule is Cc1cc(C)n(Cc2cccc(C(=O)NCc3ccccc3-c3ccc(Cn4ccnc4)cc3)c2)n1. The zero-order chi connectivity index (χ0) is 24.9. The van der Waals surface area contributed by atoms with Crippen LogP contribution in [0.3, 0.4) is 0 Å². The molecule has 0 unspecified atom stereocenters. The Labute approximate surface area is 211 Å². The van der Waals surface area contributed by atoms with E-state index in [-0.39, 0.29) is 5.91 Å². The molecule has 0 atom stereocenters. The summed E-state index contributed by atoms with van der Waals surface area (Å²) in [5, 5.41) is 7.63. The Morgan fingerprint density at radius 1 is 0.889 bits per heavy atom. The molecule has 1 amide bonds. The van der Waals surface area contributed by atoms with Crippen LogP contribution in [0, 0.1) is 13.8 Å². The van der Waals surface area contributed by atoms with E-state index < -0.39 is 0 Å². The van der Waals surface area contributed by atoms with Crippen LogP contribution >= 0.6 is 0 Å². The van der Waals surface area contributed by atoms with Gasteiger partial charge in [0.15, 0.2) is 0 Å². The fraction of sp³-hybridized carbons (Fsp3) is 0.167. The maximum atomic E-state index is 13.0. The van der Waals surface area contributed by atoms with Gasteiger partial charge >= 0.3 is 0 Å². The van der Waals surface area contributed by atoms with Gasteiger partial charge in [0.1, 0.15) is 0 Å². The number of nitrogens with zero attached hydrogens (tertiary/aromatic N) is 4. The molecule has 0 spiro atoms. The first-order chi connectivity index (χ1) is 17.5. The highest BCUT2D eigenvalue weighted by molar-refractivity contribution is 5.94. The minimum atomic E-state index is -0.0873.